The molecule has 0 radical (unpaired) electrons. The molecule has 0 unspecified atom stereocenters. The van der Waals surface area contributed by atoms with Gasteiger partial charge in [-0.2, -0.15) is 0 Å². The number of anilines is 1. The Morgan fingerprint density at radius 3 is 2.58 bits per heavy atom. The number of aromatic nitrogens is 1. The second kappa shape index (κ2) is 10.6. The predicted molar refractivity (Wildman–Crippen MR) is 109 cm³/mol. The smallest absolute Gasteiger partial charge is 0.398 e. The molecule has 1 aliphatic rings. The second-order valence-electron chi connectivity index (χ2n) is 5.60. The number of carbonyl (C=O) groups is 4. The van der Waals surface area contributed by atoms with Crippen LogP contribution in [0.4, 0.5) is 9.93 Å². The van der Waals surface area contributed by atoms with Gasteiger partial charge in [0.2, 0.25) is 5.91 Å². The summed E-state index contributed by atoms with van der Waals surface area (Å²) in [5, 5.41) is 12.0. The summed E-state index contributed by atoms with van der Waals surface area (Å²) in [5.41, 5.74) is -0.180. The van der Waals surface area contributed by atoms with Crippen molar-refractivity contribution in [2.75, 3.05) is 39.1 Å². The first-order chi connectivity index (χ1) is 14.7. The number of amides is 5. The minimum atomic E-state index is -3.88. The van der Waals surface area contributed by atoms with Crippen molar-refractivity contribution in [3.05, 3.63) is 11.1 Å². The molecule has 14 nitrogen and oxygen atoms in total. The van der Waals surface area contributed by atoms with E-state index in [9.17, 15) is 23.7 Å². The van der Waals surface area contributed by atoms with E-state index in [1.165, 1.54) is 12.5 Å². The molecule has 0 aliphatic carbocycles. The van der Waals surface area contributed by atoms with Crippen LogP contribution in [-0.4, -0.2) is 79.1 Å². The highest BCUT2D eigenvalue weighted by Crippen LogP contribution is 2.41. The van der Waals surface area contributed by atoms with Crippen LogP contribution in [0.5, 0.6) is 0 Å². The molecule has 1 saturated heterocycles. The Labute approximate surface area is 184 Å². The highest BCUT2D eigenvalue weighted by molar-refractivity contribution is 7.52. The molecule has 1 aromatic heterocycles. The lowest BCUT2D eigenvalue weighted by molar-refractivity contribution is -0.141. The highest BCUT2D eigenvalue weighted by Gasteiger charge is 2.44. The highest BCUT2D eigenvalue weighted by atomic mass is 35.5. The standard InChI is InChI=1S/C14H18ClN6O8PS/c1-27-19-10(8-6-31-13(17-8)18-9(22)4-15)11(23)16-7-5-21(12(7)24)14(25)20-30(26,28-2)29-3/h6-7H,4-5H2,1-3H3,(H,16,23)(H,17,18,22)(H,20,25,26)/t7-/m0/s1. The Kier molecular flexibility index (Phi) is 8.47. The van der Waals surface area contributed by atoms with E-state index < -0.39 is 37.5 Å². The van der Waals surface area contributed by atoms with Crippen molar-refractivity contribution in [3.8, 4) is 0 Å². The predicted octanol–water partition coefficient (Wildman–Crippen LogP) is 0.108. The molecule has 31 heavy (non-hydrogen) atoms. The molecule has 0 bridgehead atoms. The summed E-state index contributed by atoms with van der Waals surface area (Å²) in [6.45, 7) is -0.196. The maximum Gasteiger partial charge on any atom is 0.435 e. The molecule has 2 rings (SSSR count). The normalized spacial score (nSPS) is 16.4. The summed E-state index contributed by atoms with van der Waals surface area (Å²) in [6, 6.07) is -2.05. The lowest BCUT2D eigenvalue weighted by atomic mass is 10.1. The van der Waals surface area contributed by atoms with Gasteiger partial charge in [-0.05, 0) is 0 Å². The molecule has 1 aliphatic heterocycles. The molecule has 2 heterocycles. The van der Waals surface area contributed by atoms with Crippen molar-refractivity contribution in [1.82, 2.24) is 20.3 Å². The number of nitrogens with one attached hydrogen (secondary N) is 3. The van der Waals surface area contributed by atoms with E-state index in [1.807, 2.05) is 5.09 Å². The van der Waals surface area contributed by atoms with E-state index in [4.69, 9.17) is 11.6 Å². The molecule has 0 spiro atoms. The fourth-order valence-electron chi connectivity index (χ4n) is 2.18. The van der Waals surface area contributed by atoms with Crippen molar-refractivity contribution in [1.29, 1.82) is 0 Å². The molecular weight excluding hydrogens is 479 g/mol. The number of urea groups is 1. The third-order valence-corrected chi connectivity index (χ3v) is 6.13. The summed E-state index contributed by atoms with van der Waals surface area (Å²) >= 11 is 6.44. The largest absolute Gasteiger partial charge is 0.435 e. The van der Waals surface area contributed by atoms with Crippen LogP contribution < -0.4 is 15.7 Å². The molecule has 1 aromatic rings. The second-order valence-corrected chi connectivity index (χ2v) is 8.67. The van der Waals surface area contributed by atoms with Gasteiger partial charge in [0.1, 0.15) is 24.7 Å². The van der Waals surface area contributed by atoms with Crippen LogP contribution in [0.1, 0.15) is 5.69 Å². The van der Waals surface area contributed by atoms with Gasteiger partial charge in [0.15, 0.2) is 10.8 Å². The van der Waals surface area contributed by atoms with Gasteiger partial charge in [-0.1, -0.05) is 5.16 Å². The fourth-order valence-corrected chi connectivity index (χ4v) is 3.64. The number of rotatable bonds is 9. The van der Waals surface area contributed by atoms with Crippen LogP contribution in [-0.2, 0) is 32.8 Å². The summed E-state index contributed by atoms with van der Waals surface area (Å²) in [5.74, 6) is -2.32. The van der Waals surface area contributed by atoms with Crippen LogP contribution in [0.3, 0.4) is 0 Å². The van der Waals surface area contributed by atoms with Gasteiger partial charge in [0.25, 0.3) is 11.8 Å². The van der Waals surface area contributed by atoms with E-state index in [1.54, 1.807) is 0 Å². The zero-order valence-electron chi connectivity index (χ0n) is 16.4. The Balaban J connectivity index is 2.01. The van der Waals surface area contributed by atoms with Crippen molar-refractivity contribution in [2.45, 2.75) is 6.04 Å². The van der Waals surface area contributed by atoms with Gasteiger partial charge in [-0.25, -0.2) is 19.4 Å². The van der Waals surface area contributed by atoms with E-state index in [0.717, 1.165) is 25.6 Å². The van der Waals surface area contributed by atoms with Crippen molar-refractivity contribution in [2.24, 2.45) is 5.16 Å². The number of thiazole rings is 1. The minimum absolute atomic E-state index is 0.0803. The van der Waals surface area contributed by atoms with E-state index >= 15 is 0 Å². The Morgan fingerprint density at radius 2 is 2.03 bits per heavy atom. The maximum atomic E-state index is 12.5. The van der Waals surface area contributed by atoms with E-state index in [0.29, 0.717) is 4.90 Å². The molecule has 0 saturated carbocycles. The van der Waals surface area contributed by atoms with Crippen LogP contribution in [0.2, 0.25) is 0 Å². The molecule has 17 heteroatoms. The number of nitrogens with zero attached hydrogens (tertiary/aromatic N) is 3. The molecule has 170 valence electrons. The van der Waals surface area contributed by atoms with Gasteiger partial charge >= 0.3 is 13.8 Å². The minimum Gasteiger partial charge on any atom is -0.398 e. The zero-order valence-corrected chi connectivity index (χ0v) is 18.9. The first-order valence-corrected chi connectivity index (χ1v) is 11.2. The van der Waals surface area contributed by atoms with E-state index in [-0.39, 0.29) is 29.0 Å². The summed E-state index contributed by atoms with van der Waals surface area (Å²) < 4.78 is 21.1. The number of β-lactam (4-membered cyclic amide) rings is 1. The Bertz CT molecular complexity index is 947. The van der Waals surface area contributed by atoms with Crippen LogP contribution in [0, 0.1) is 0 Å². The van der Waals surface area contributed by atoms with Crippen molar-refractivity contribution >= 4 is 65.3 Å². The van der Waals surface area contributed by atoms with Crippen LogP contribution >= 0.6 is 30.7 Å². The molecule has 1 fully saturated rings. The first-order valence-electron chi connectivity index (χ1n) is 8.26. The molecule has 1 atom stereocenters. The fraction of sp³-hybridized carbons (Fsp3) is 0.429. The number of hydrogen-bond donors (Lipinski definition) is 3. The Morgan fingerprint density at radius 1 is 1.35 bits per heavy atom. The first kappa shape index (κ1) is 24.7. The summed E-state index contributed by atoms with van der Waals surface area (Å²) in [7, 11) is -0.547. The van der Waals surface area contributed by atoms with Gasteiger partial charge < -0.3 is 15.5 Å². The number of oxime groups is 1. The average molecular weight is 497 g/mol. The van der Waals surface area contributed by atoms with Gasteiger partial charge in [-0.3, -0.25) is 28.3 Å². The topological polar surface area (TPSA) is 178 Å². The van der Waals surface area contributed by atoms with E-state index in [2.05, 4.69) is 34.7 Å². The molecule has 5 amide bonds. The number of alkyl halides is 1. The Hall–Kier alpha value is -2.58. The summed E-state index contributed by atoms with van der Waals surface area (Å²) in [6.07, 6.45) is 0. The van der Waals surface area contributed by atoms with Crippen molar-refractivity contribution < 1.29 is 37.6 Å². The van der Waals surface area contributed by atoms with Crippen molar-refractivity contribution in [3.63, 3.8) is 0 Å². The average Bonchev–Trinajstić information content (AvgIpc) is 3.21. The lowest BCUT2D eigenvalue weighted by Gasteiger charge is -2.37. The van der Waals surface area contributed by atoms with Crippen LogP contribution in [0.25, 0.3) is 0 Å². The molecule has 0 aromatic carbocycles. The monoisotopic (exact) mass is 496 g/mol. The number of imide groups is 1. The number of halogens is 1. The maximum absolute atomic E-state index is 12.5. The number of hydrogen-bond acceptors (Lipinski definition) is 11. The lowest BCUT2D eigenvalue weighted by Crippen LogP contribution is -2.67. The van der Waals surface area contributed by atoms with Crippen LogP contribution in [0.15, 0.2) is 10.5 Å². The zero-order chi connectivity index (χ0) is 23.2. The number of carbonyl (C=O) groups excluding carboxylic acids is 4. The SMILES string of the molecule is CON=C(C(=O)N[C@H]1CN(C(=O)NP(=O)(OC)OC)C1=O)c1csc(NC(=O)CCl)n1. The molecule has 3 N–H and O–H groups in total. The molecular formula is C14H18ClN6O8PS. The van der Waals surface area contributed by atoms with Gasteiger partial charge in [-0.15, -0.1) is 22.9 Å². The van der Waals surface area contributed by atoms with Gasteiger partial charge in [0, 0.05) is 19.6 Å². The van der Waals surface area contributed by atoms with Gasteiger partial charge in [0.05, 0.1) is 6.54 Å². The quantitative estimate of drug-likeness (QED) is 0.141. The third kappa shape index (κ3) is 5.98. The third-order valence-electron chi connectivity index (χ3n) is 3.71. The number of likely N-dealkylation sites (tertiary alicyclic amines) is 1. The summed E-state index contributed by atoms with van der Waals surface area (Å²) in [4.78, 5) is 57.5.